The summed E-state index contributed by atoms with van der Waals surface area (Å²) in [6.07, 6.45) is 0. The summed E-state index contributed by atoms with van der Waals surface area (Å²) < 4.78 is 5.40. The Morgan fingerprint density at radius 1 is 1.11 bits per heavy atom. The molecule has 0 bridgehead atoms. The van der Waals surface area contributed by atoms with E-state index >= 15 is 0 Å². The fourth-order valence-electron chi connectivity index (χ4n) is 2.68. The van der Waals surface area contributed by atoms with E-state index in [4.69, 9.17) is 9.72 Å². The van der Waals surface area contributed by atoms with E-state index in [1.165, 1.54) is 11.3 Å². The van der Waals surface area contributed by atoms with Crippen LogP contribution in [0.1, 0.15) is 32.0 Å². The summed E-state index contributed by atoms with van der Waals surface area (Å²) in [4.78, 5) is 9.67. The van der Waals surface area contributed by atoms with Crippen LogP contribution in [0.25, 0.3) is 0 Å². The number of rotatable bonds is 1. The number of hydrogen-bond donors (Lipinski definition) is 0. The molecule has 3 heterocycles. The van der Waals surface area contributed by atoms with Crippen molar-refractivity contribution in [2.24, 2.45) is 0 Å². The number of anilines is 1. The minimum atomic E-state index is 0.208. The summed E-state index contributed by atoms with van der Waals surface area (Å²) >= 11 is 0. The van der Waals surface area contributed by atoms with Crippen molar-refractivity contribution in [3.05, 3.63) is 23.4 Å². The molecule has 1 aromatic rings. The van der Waals surface area contributed by atoms with Gasteiger partial charge in [-0.05, 0) is 32.4 Å². The molecule has 104 valence electrons. The quantitative estimate of drug-likeness (QED) is 0.773. The van der Waals surface area contributed by atoms with Crippen molar-refractivity contribution in [1.29, 1.82) is 0 Å². The zero-order valence-corrected chi connectivity index (χ0v) is 12.1. The highest BCUT2D eigenvalue weighted by atomic mass is 16.5. The molecule has 1 saturated heterocycles. The number of hydrogen-bond acceptors (Lipinski definition) is 4. The van der Waals surface area contributed by atoms with Gasteiger partial charge in [0.25, 0.3) is 0 Å². The molecule has 0 N–H and O–H groups in total. The van der Waals surface area contributed by atoms with Crippen LogP contribution in [-0.4, -0.2) is 41.7 Å². The van der Waals surface area contributed by atoms with E-state index in [-0.39, 0.29) is 5.54 Å². The Balaban J connectivity index is 1.79. The lowest BCUT2D eigenvalue weighted by Crippen LogP contribution is -2.37. The van der Waals surface area contributed by atoms with Crippen LogP contribution in [0.3, 0.4) is 0 Å². The first-order valence-corrected chi connectivity index (χ1v) is 7.10. The fourth-order valence-corrected chi connectivity index (χ4v) is 2.68. The predicted octanol–water partition coefficient (Wildman–Crippen LogP) is 2.03. The monoisotopic (exact) mass is 261 g/mol. The predicted molar refractivity (Wildman–Crippen MR) is 76.3 cm³/mol. The molecule has 0 aliphatic carbocycles. The van der Waals surface area contributed by atoms with Crippen molar-refractivity contribution in [1.82, 2.24) is 9.88 Å². The number of pyridine rings is 1. The highest BCUT2D eigenvalue weighted by Crippen LogP contribution is 2.29. The largest absolute Gasteiger partial charge is 0.378 e. The van der Waals surface area contributed by atoms with Gasteiger partial charge in [-0.3, -0.25) is 4.90 Å². The Morgan fingerprint density at radius 3 is 2.53 bits per heavy atom. The van der Waals surface area contributed by atoms with Crippen LogP contribution in [0, 0.1) is 0 Å². The molecule has 19 heavy (non-hydrogen) atoms. The molecule has 1 aromatic heterocycles. The molecule has 2 aliphatic rings. The van der Waals surface area contributed by atoms with Crippen LogP contribution < -0.4 is 4.90 Å². The van der Waals surface area contributed by atoms with Gasteiger partial charge in [0.1, 0.15) is 5.82 Å². The summed E-state index contributed by atoms with van der Waals surface area (Å²) in [5.74, 6) is 1.11. The number of aromatic nitrogens is 1. The van der Waals surface area contributed by atoms with Gasteiger partial charge in [-0.25, -0.2) is 4.98 Å². The molecule has 0 amide bonds. The van der Waals surface area contributed by atoms with Crippen molar-refractivity contribution in [2.75, 3.05) is 31.2 Å². The maximum atomic E-state index is 5.40. The van der Waals surface area contributed by atoms with Gasteiger partial charge in [-0.2, -0.15) is 0 Å². The van der Waals surface area contributed by atoms with E-state index in [1.54, 1.807) is 0 Å². The molecule has 4 heteroatoms. The average Bonchev–Trinajstić information content (AvgIpc) is 2.82. The van der Waals surface area contributed by atoms with E-state index in [2.05, 4.69) is 42.7 Å². The van der Waals surface area contributed by atoms with Crippen LogP contribution in [0.2, 0.25) is 0 Å². The summed E-state index contributed by atoms with van der Waals surface area (Å²) in [5, 5.41) is 0. The first-order chi connectivity index (χ1) is 9.04. The number of fused-ring (bicyclic) bond motifs is 1. The highest BCUT2D eigenvalue weighted by molar-refractivity contribution is 5.43. The maximum absolute atomic E-state index is 5.40. The maximum Gasteiger partial charge on any atom is 0.129 e. The summed E-state index contributed by atoms with van der Waals surface area (Å²) in [7, 11) is 0. The molecule has 0 radical (unpaired) electrons. The van der Waals surface area contributed by atoms with Gasteiger partial charge >= 0.3 is 0 Å². The van der Waals surface area contributed by atoms with Gasteiger partial charge in [0.2, 0.25) is 0 Å². The minimum absolute atomic E-state index is 0.208. The Bertz CT molecular complexity index is 461. The molecule has 0 aromatic carbocycles. The second kappa shape index (κ2) is 4.76. The Kier molecular flexibility index (Phi) is 3.23. The lowest BCUT2D eigenvalue weighted by molar-refractivity contribution is 0.122. The van der Waals surface area contributed by atoms with E-state index < -0.39 is 0 Å². The van der Waals surface area contributed by atoms with Crippen molar-refractivity contribution >= 4 is 5.82 Å². The Morgan fingerprint density at radius 2 is 1.84 bits per heavy atom. The van der Waals surface area contributed by atoms with Crippen LogP contribution in [-0.2, 0) is 17.8 Å². The average molecular weight is 261 g/mol. The normalized spacial score (nSPS) is 20.7. The number of morpholine rings is 1. The fraction of sp³-hybridized carbons (Fsp3) is 0.667. The van der Waals surface area contributed by atoms with Gasteiger partial charge in [0.05, 0.1) is 18.9 Å². The second-order valence-electron chi connectivity index (χ2n) is 6.40. The zero-order valence-electron chi connectivity index (χ0n) is 12.1. The number of nitrogens with zero attached hydrogens (tertiary/aromatic N) is 3. The standard InChI is InChI=1S/C15H23N3O/c1-15(2,3)18-10-12-4-5-14(16-13(12)11-18)17-6-8-19-9-7-17/h4-5H,6-11H2,1-3H3. The van der Waals surface area contributed by atoms with Crippen molar-refractivity contribution < 1.29 is 4.74 Å². The first kappa shape index (κ1) is 12.9. The summed E-state index contributed by atoms with van der Waals surface area (Å²) in [6.45, 7) is 12.3. The summed E-state index contributed by atoms with van der Waals surface area (Å²) in [5.41, 5.74) is 2.84. The van der Waals surface area contributed by atoms with Crippen molar-refractivity contribution in [3.8, 4) is 0 Å². The van der Waals surface area contributed by atoms with Gasteiger partial charge in [0, 0.05) is 31.7 Å². The third kappa shape index (κ3) is 2.60. The minimum Gasteiger partial charge on any atom is -0.378 e. The first-order valence-electron chi connectivity index (χ1n) is 7.10. The van der Waals surface area contributed by atoms with Crippen molar-refractivity contribution in [3.63, 3.8) is 0 Å². The smallest absolute Gasteiger partial charge is 0.129 e. The Labute approximate surface area is 115 Å². The molecule has 0 unspecified atom stereocenters. The molecule has 0 atom stereocenters. The number of ether oxygens (including phenoxy) is 1. The lowest BCUT2D eigenvalue weighted by Gasteiger charge is -2.31. The van der Waals surface area contributed by atoms with Crippen LogP contribution in [0.4, 0.5) is 5.82 Å². The van der Waals surface area contributed by atoms with E-state index in [1.807, 2.05) is 0 Å². The third-order valence-electron chi connectivity index (χ3n) is 4.04. The van der Waals surface area contributed by atoms with Crippen LogP contribution in [0.15, 0.2) is 12.1 Å². The molecule has 4 nitrogen and oxygen atoms in total. The lowest BCUT2D eigenvalue weighted by atomic mass is 10.1. The molecule has 0 saturated carbocycles. The molecular formula is C15H23N3O. The van der Waals surface area contributed by atoms with E-state index in [0.29, 0.717) is 0 Å². The van der Waals surface area contributed by atoms with E-state index in [0.717, 1.165) is 45.2 Å². The topological polar surface area (TPSA) is 28.6 Å². The molecule has 0 spiro atoms. The van der Waals surface area contributed by atoms with Gasteiger partial charge in [-0.15, -0.1) is 0 Å². The molecule has 3 rings (SSSR count). The molecule has 2 aliphatic heterocycles. The zero-order chi connectivity index (χ0) is 13.5. The Hall–Kier alpha value is -1.13. The van der Waals surface area contributed by atoms with E-state index in [9.17, 15) is 0 Å². The SMILES string of the molecule is CC(C)(C)N1Cc2ccc(N3CCOCC3)nc2C1. The van der Waals surface area contributed by atoms with Gasteiger partial charge < -0.3 is 9.64 Å². The third-order valence-corrected chi connectivity index (χ3v) is 4.04. The second-order valence-corrected chi connectivity index (χ2v) is 6.40. The van der Waals surface area contributed by atoms with Gasteiger partial charge in [0.15, 0.2) is 0 Å². The van der Waals surface area contributed by atoms with Crippen LogP contribution in [0.5, 0.6) is 0 Å². The van der Waals surface area contributed by atoms with Crippen LogP contribution >= 0.6 is 0 Å². The molecule has 1 fully saturated rings. The molecular weight excluding hydrogens is 238 g/mol. The van der Waals surface area contributed by atoms with Crippen molar-refractivity contribution in [2.45, 2.75) is 39.4 Å². The van der Waals surface area contributed by atoms with Gasteiger partial charge in [-0.1, -0.05) is 6.07 Å². The summed E-state index contributed by atoms with van der Waals surface area (Å²) in [6, 6.07) is 4.41. The highest BCUT2D eigenvalue weighted by Gasteiger charge is 2.29.